The van der Waals surface area contributed by atoms with Gasteiger partial charge in [0.1, 0.15) is 5.75 Å². The van der Waals surface area contributed by atoms with Gasteiger partial charge in [-0.05, 0) is 42.5 Å². The summed E-state index contributed by atoms with van der Waals surface area (Å²) >= 11 is 0. The maximum Gasteiger partial charge on any atom is 0.119 e. The molecule has 2 nitrogen and oxygen atoms in total. The zero-order valence-electron chi connectivity index (χ0n) is 12.0. The minimum absolute atomic E-state index is 0.261. The van der Waals surface area contributed by atoms with Crippen LogP contribution in [0.25, 0.3) is 0 Å². The number of unbranched alkanes of at least 4 members (excludes halogenated alkanes) is 5. The number of hydrogen-bond acceptors (Lipinski definition) is 2. The van der Waals surface area contributed by atoms with Gasteiger partial charge in [-0.1, -0.05) is 45.1 Å². The second-order valence-corrected chi connectivity index (χ2v) is 5.53. The highest BCUT2D eigenvalue weighted by Gasteiger charge is 2.20. The van der Waals surface area contributed by atoms with Gasteiger partial charge in [-0.3, -0.25) is 0 Å². The van der Waals surface area contributed by atoms with E-state index in [-0.39, 0.29) is 6.10 Å². The van der Waals surface area contributed by atoms with Crippen molar-refractivity contribution in [1.29, 1.82) is 0 Å². The van der Waals surface area contributed by atoms with E-state index in [1.165, 1.54) is 37.7 Å². The Morgan fingerprint density at radius 3 is 2.79 bits per heavy atom. The molecule has 0 radical (unpaired) electrons. The first-order chi connectivity index (χ1) is 9.31. The van der Waals surface area contributed by atoms with Crippen molar-refractivity contribution in [3.8, 4) is 5.75 Å². The molecule has 106 valence electrons. The van der Waals surface area contributed by atoms with Gasteiger partial charge in [-0.25, -0.2) is 0 Å². The van der Waals surface area contributed by atoms with E-state index in [2.05, 4.69) is 13.0 Å². The lowest BCUT2D eigenvalue weighted by Crippen LogP contribution is -1.98. The van der Waals surface area contributed by atoms with Crippen LogP contribution in [0.5, 0.6) is 5.75 Å². The van der Waals surface area contributed by atoms with Gasteiger partial charge in [0, 0.05) is 0 Å². The average molecular weight is 262 g/mol. The van der Waals surface area contributed by atoms with Crippen LogP contribution < -0.4 is 4.74 Å². The smallest absolute Gasteiger partial charge is 0.119 e. The van der Waals surface area contributed by atoms with Gasteiger partial charge in [0.15, 0.2) is 0 Å². The third-order valence-electron chi connectivity index (χ3n) is 3.93. The molecular formula is C17H26O2. The number of rotatable bonds is 8. The molecule has 2 rings (SSSR count). The van der Waals surface area contributed by atoms with Crippen LogP contribution in [0.15, 0.2) is 18.2 Å². The molecule has 19 heavy (non-hydrogen) atoms. The standard InChI is InChI=1S/C17H26O2/c1-2-3-4-5-6-7-12-19-15-9-10-16-14(13-15)8-11-17(16)18/h9-10,13,17-18H,2-8,11-12H2,1H3/t17-/m0/s1. The summed E-state index contributed by atoms with van der Waals surface area (Å²) in [5.74, 6) is 0.960. The fourth-order valence-electron chi connectivity index (χ4n) is 2.73. The van der Waals surface area contributed by atoms with Crippen molar-refractivity contribution in [2.24, 2.45) is 0 Å². The van der Waals surface area contributed by atoms with Crippen molar-refractivity contribution in [3.05, 3.63) is 29.3 Å². The maximum absolute atomic E-state index is 9.75. The summed E-state index contributed by atoms with van der Waals surface area (Å²) < 4.78 is 5.79. The molecule has 0 saturated heterocycles. The van der Waals surface area contributed by atoms with Crippen LogP contribution in [-0.2, 0) is 6.42 Å². The number of ether oxygens (including phenoxy) is 1. The second-order valence-electron chi connectivity index (χ2n) is 5.53. The summed E-state index contributed by atoms with van der Waals surface area (Å²) in [5, 5.41) is 9.75. The molecule has 0 amide bonds. The molecule has 0 heterocycles. The number of aliphatic hydroxyl groups excluding tert-OH is 1. The summed E-state index contributed by atoms with van der Waals surface area (Å²) in [6, 6.07) is 6.11. The number of hydrogen-bond donors (Lipinski definition) is 1. The van der Waals surface area contributed by atoms with Gasteiger partial charge >= 0.3 is 0 Å². The van der Waals surface area contributed by atoms with Gasteiger partial charge in [-0.2, -0.15) is 0 Å². The molecule has 0 unspecified atom stereocenters. The van der Waals surface area contributed by atoms with Crippen LogP contribution in [0.4, 0.5) is 0 Å². The summed E-state index contributed by atoms with van der Waals surface area (Å²) in [7, 11) is 0. The molecule has 1 aliphatic rings. The predicted octanol–water partition coefficient (Wildman–Crippen LogP) is 4.41. The molecule has 0 aromatic heterocycles. The van der Waals surface area contributed by atoms with Crippen LogP contribution in [0.3, 0.4) is 0 Å². The van der Waals surface area contributed by atoms with E-state index in [0.717, 1.165) is 37.2 Å². The van der Waals surface area contributed by atoms with E-state index >= 15 is 0 Å². The van der Waals surface area contributed by atoms with Gasteiger partial charge in [-0.15, -0.1) is 0 Å². The molecular weight excluding hydrogens is 236 g/mol. The molecule has 1 N–H and O–H groups in total. The number of fused-ring (bicyclic) bond motifs is 1. The monoisotopic (exact) mass is 262 g/mol. The van der Waals surface area contributed by atoms with E-state index in [9.17, 15) is 5.11 Å². The second kappa shape index (κ2) is 7.54. The Kier molecular flexibility index (Phi) is 5.71. The zero-order valence-corrected chi connectivity index (χ0v) is 12.0. The fraction of sp³-hybridized carbons (Fsp3) is 0.647. The Morgan fingerprint density at radius 2 is 1.95 bits per heavy atom. The summed E-state index contributed by atoms with van der Waals surface area (Å²) in [4.78, 5) is 0. The van der Waals surface area contributed by atoms with Gasteiger partial charge in [0.2, 0.25) is 0 Å². The van der Waals surface area contributed by atoms with Crippen LogP contribution in [0.2, 0.25) is 0 Å². The average Bonchev–Trinajstić information content (AvgIpc) is 2.79. The van der Waals surface area contributed by atoms with Crippen molar-refractivity contribution in [2.45, 2.75) is 64.4 Å². The largest absolute Gasteiger partial charge is 0.494 e. The highest BCUT2D eigenvalue weighted by molar-refractivity contribution is 5.39. The maximum atomic E-state index is 9.75. The van der Waals surface area contributed by atoms with Crippen LogP contribution in [0, 0.1) is 0 Å². The number of aryl methyl sites for hydroxylation is 1. The quantitative estimate of drug-likeness (QED) is 0.703. The molecule has 0 fully saturated rings. The molecule has 1 aromatic rings. The van der Waals surface area contributed by atoms with Crippen LogP contribution in [-0.4, -0.2) is 11.7 Å². The normalized spacial score (nSPS) is 17.5. The summed E-state index contributed by atoms with van der Waals surface area (Å²) in [6.45, 7) is 3.06. The molecule has 0 spiro atoms. The van der Waals surface area contributed by atoms with E-state index < -0.39 is 0 Å². The highest BCUT2D eigenvalue weighted by Crippen LogP contribution is 2.33. The third kappa shape index (κ3) is 4.24. The first kappa shape index (κ1) is 14.4. The van der Waals surface area contributed by atoms with Gasteiger partial charge < -0.3 is 9.84 Å². The predicted molar refractivity (Wildman–Crippen MR) is 78.6 cm³/mol. The zero-order chi connectivity index (χ0) is 13.5. The van der Waals surface area contributed by atoms with Gasteiger partial charge in [0.05, 0.1) is 12.7 Å². The Morgan fingerprint density at radius 1 is 1.16 bits per heavy atom. The van der Waals surface area contributed by atoms with Crippen LogP contribution >= 0.6 is 0 Å². The molecule has 1 aliphatic carbocycles. The molecule has 1 aromatic carbocycles. The highest BCUT2D eigenvalue weighted by atomic mass is 16.5. The first-order valence-electron chi connectivity index (χ1n) is 7.75. The Labute approximate surface area is 116 Å². The molecule has 0 bridgehead atoms. The number of aliphatic hydroxyl groups is 1. The Bertz CT molecular complexity index is 387. The lowest BCUT2D eigenvalue weighted by Gasteiger charge is -2.09. The van der Waals surface area contributed by atoms with Gasteiger partial charge in [0.25, 0.3) is 0 Å². The lowest BCUT2D eigenvalue weighted by molar-refractivity contribution is 0.180. The van der Waals surface area contributed by atoms with Crippen LogP contribution in [0.1, 0.15) is 69.1 Å². The van der Waals surface area contributed by atoms with Crippen molar-refractivity contribution in [3.63, 3.8) is 0 Å². The van der Waals surface area contributed by atoms with E-state index in [4.69, 9.17) is 4.74 Å². The minimum Gasteiger partial charge on any atom is -0.494 e. The van der Waals surface area contributed by atoms with Crippen molar-refractivity contribution in [1.82, 2.24) is 0 Å². The van der Waals surface area contributed by atoms with E-state index in [1.807, 2.05) is 12.1 Å². The third-order valence-corrected chi connectivity index (χ3v) is 3.93. The van der Waals surface area contributed by atoms with E-state index in [0.29, 0.717) is 0 Å². The van der Waals surface area contributed by atoms with Crippen molar-refractivity contribution < 1.29 is 9.84 Å². The Hall–Kier alpha value is -1.02. The minimum atomic E-state index is -0.261. The molecule has 1 atom stereocenters. The van der Waals surface area contributed by atoms with E-state index in [1.54, 1.807) is 0 Å². The Balaban J connectivity index is 1.67. The SMILES string of the molecule is CCCCCCCCOc1ccc2c(c1)CC[C@@H]2O. The first-order valence-corrected chi connectivity index (χ1v) is 7.75. The lowest BCUT2D eigenvalue weighted by atomic mass is 10.1. The topological polar surface area (TPSA) is 29.5 Å². The summed E-state index contributed by atoms with van der Waals surface area (Å²) in [6.07, 6.45) is 9.32. The van der Waals surface area contributed by atoms with Crippen molar-refractivity contribution >= 4 is 0 Å². The molecule has 2 heteroatoms. The summed E-state index contributed by atoms with van der Waals surface area (Å²) in [5.41, 5.74) is 2.35. The number of benzene rings is 1. The molecule has 0 aliphatic heterocycles. The molecule has 0 saturated carbocycles. The fourth-order valence-corrected chi connectivity index (χ4v) is 2.73. The van der Waals surface area contributed by atoms with Crippen molar-refractivity contribution in [2.75, 3.05) is 6.61 Å².